The van der Waals surface area contributed by atoms with Gasteiger partial charge in [0.25, 0.3) is 11.5 Å². The standard InChI is InChI=1S/C13H21N3O2.ClH/c1-9(2)13(3,8-14)15-11(17)10-6-5-7-16(4)12(10)18;/h5-7,9H,8,14H2,1-4H3,(H,15,17);1H. The van der Waals surface area contributed by atoms with Crippen molar-refractivity contribution in [2.45, 2.75) is 26.3 Å². The minimum Gasteiger partial charge on any atom is -0.345 e. The van der Waals surface area contributed by atoms with E-state index >= 15 is 0 Å². The Balaban J connectivity index is 0.00000324. The number of pyridine rings is 1. The van der Waals surface area contributed by atoms with Crippen LogP contribution in [0.2, 0.25) is 0 Å². The molecule has 0 saturated heterocycles. The molecule has 0 radical (unpaired) electrons. The second-order valence-electron chi connectivity index (χ2n) is 5.07. The Labute approximate surface area is 119 Å². The normalized spacial score (nSPS) is 13.6. The molecular weight excluding hydrogens is 266 g/mol. The third kappa shape index (κ3) is 3.81. The summed E-state index contributed by atoms with van der Waals surface area (Å²) in [5.41, 5.74) is 5.02. The van der Waals surface area contributed by atoms with Crippen LogP contribution in [0.3, 0.4) is 0 Å². The lowest BCUT2D eigenvalue weighted by atomic mass is 9.88. The largest absolute Gasteiger partial charge is 0.345 e. The first-order valence-electron chi connectivity index (χ1n) is 6.00. The maximum absolute atomic E-state index is 12.1. The summed E-state index contributed by atoms with van der Waals surface area (Å²) in [4.78, 5) is 23.9. The molecule has 0 aromatic carbocycles. The lowest BCUT2D eigenvalue weighted by molar-refractivity contribution is 0.0881. The smallest absolute Gasteiger partial charge is 0.263 e. The predicted octanol–water partition coefficient (Wildman–Crippen LogP) is 0.910. The first-order valence-corrected chi connectivity index (χ1v) is 6.00. The van der Waals surface area contributed by atoms with Gasteiger partial charge in [-0.25, -0.2) is 0 Å². The van der Waals surface area contributed by atoms with E-state index in [1.54, 1.807) is 19.3 Å². The molecule has 0 aliphatic heterocycles. The molecule has 1 heterocycles. The van der Waals surface area contributed by atoms with Crippen LogP contribution in [0.25, 0.3) is 0 Å². The van der Waals surface area contributed by atoms with Gasteiger partial charge in [-0.05, 0) is 25.0 Å². The van der Waals surface area contributed by atoms with E-state index in [9.17, 15) is 9.59 Å². The Morgan fingerprint density at radius 2 is 2.11 bits per heavy atom. The van der Waals surface area contributed by atoms with Crippen LogP contribution in [0.1, 0.15) is 31.1 Å². The quantitative estimate of drug-likeness (QED) is 0.864. The Morgan fingerprint density at radius 3 is 2.58 bits per heavy atom. The second-order valence-corrected chi connectivity index (χ2v) is 5.07. The van der Waals surface area contributed by atoms with Crippen molar-refractivity contribution >= 4 is 18.3 Å². The van der Waals surface area contributed by atoms with Crippen LogP contribution < -0.4 is 16.6 Å². The number of aromatic nitrogens is 1. The molecule has 1 rings (SSSR count). The fourth-order valence-electron chi connectivity index (χ4n) is 1.53. The molecule has 19 heavy (non-hydrogen) atoms. The molecule has 1 unspecified atom stereocenters. The zero-order chi connectivity index (χ0) is 13.9. The number of carbonyl (C=O) groups excluding carboxylic acids is 1. The number of nitrogens with one attached hydrogen (secondary N) is 1. The first kappa shape index (κ1) is 17.7. The van der Waals surface area contributed by atoms with Crippen LogP contribution >= 0.6 is 12.4 Å². The van der Waals surface area contributed by atoms with Crippen molar-refractivity contribution in [2.24, 2.45) is 18.7 Å². The highest BCUT2D eigenvalue weighted by Crippen LogP contribution is 2.15. The zero-order valence-electron chi connectivity index (χ0n) is 11.8. The lowest BCUT2D eigenvalue weighted by Crippen LogP contribution is -2.55. The fourth-order valence-corrected chi connectivity index (χ4v) is 1.53. The predicted molar refractivity (Wildman–Crippen MR) is 78.7 cm³/mol. The van der Waals surface area contributed by atoms with E-state index in [4.69, 9.17) is 5.73 Å². The summed E-state index contributed by atoms with van der Waals surface area (Å²) < 4.78 is 1.38. The summed E-state index contributed by atoms with van der Waals surface area (Å²) in [6, 6.07) is 3.19. The van der Waals surface area contributed by atoms with E-state index in [0.29, 0.717) is 6.54 Å². The SMILES string of the molecule is CC(C)C(C)(CN)NC(=O)c1cccn(C)c1=O.Cl. The molecule has 6 heteroatoms. The van der Waals surface area contributed by atoms with Crippen LogP contribution in [0.4, 0.5) is 0 Å². The molecule has 1 atom stereocenters. The third-order valence-electron chi connectivity index (χ3n) is 3.47. The van der Waals surface area contributed by atoms with Gasteiger partial charge in [0.2, 0.25) is 0 Å². The molecule has 0 saturated carbocycles. The van der Waals surface area contributed by atoms with Crippen LogP contribution in [-0.4, -0.2) is 22.6 Å². The Hall–Kier alpha value is -1.33. The molecule has 1 aromatic heterocycles. The number of carbonyl (C=O) groups is 1. The van der Waals surface area contributed by atoms with E-state index in [-0.39, 0.29) is 35.4 Å². The molecule has 3 N–H and O–H groups in total. The van der Waals surface area contributed by atoms with Gasteiger partial charge in [0, 0.05) is 19.8 Å². The number of hydrogen-bond donors (Lipinski definition) is 2. The van der Waals surface area contributed by atoms with Gasteiger partial charge in [0.05, 0.1) is 5.54 Å². The van der Waals surface area contributed by atoms with Gasteiger partial charge < -0.3 is 15.6 Å². The zero-order valence-corrected chi connectivity index (χ0v) is 12.6. The molecule has 108 valence electrons. The number of amides is 1. The third-order valence-corrected chi connectivity index (χ3v) is 3.47. The summed E-state index contributed by atoms with van der Waals surface area (Å²) in [5.74, 6) is -0.197. The Bertz CT molecular complexity index is 499. The van der Waals surface area contributed by atoms with Crippen LogP contribution in [0.15, 0.2) is 23.1 Å². The van der Waals surface area contributed by atoms with Gasteiger partial charge in [0.1, 0.15) is 5.56 Å². The van der Waals surface area contributed by atoms with E-state index in [0.717, 1.165) is 0 Å². The summed E-state index contributed by atoms with van der Waals surface area (Å²) in [6.45, 7) is 6.17. The van der Waals surface area contributed by atoms with Gasteiger partial charge >= 0.3 is 0 Å². The minimum absolute atomic E-state index is 0. The molecule has 0 fully saturated rings. The van der Waals surface area contributed by atoms with Crippen molar-refractivity contribution < 1.29 is 4.79 Å². The highest BCUT2D eigenvalue weighted by atomic mass is 35.5. The highest BCUT2D eigenvalue weighted by molar-refractivity contribution is 5.94. The number of rotatable bonds is 4. The van der Waals surface area contributed by atoms with Crippen molar-refractivity contribution in [3.8, 4) is 0 Å². The Kier molecular flexibility index (Phi) is 6.25. The highest BCUT2D eigenvalue weighted by Gasteiger charge is 2.29. The van der Waals surface area contributed by atoms with E-state index in [2.05, 4.69) is 5.32 Å². The van der Waals surface area contributed by atoms with Crippen molar-refractivity contribution in [3.05, 3.63) is 34.2 Å². The van der Waals surface area contributed by atoms with E-state index in [1.807, 2.05) is 20.8 Å². The summed E-state index contributed by atoms with van der Waals surface area (Å²) >= 11 is 0. The summed E-state index contributed by atoms with van der Waals surface area (Å²) in [5, 5.41) is 2.85. The number of hydrogen-bond acceptors (Lipinski definition) is 3. The number of nitrogens with zero attached hydrogens (tertiary/aromatic N) is 1. The molecular formula is C13H22ClN3O2. The molecule has 1 amide bonds. The van der Waals surface area contributed by atoms with Gasteiger partial charge in [-0.2, -0.15) is 0 Å². The second kappa shape index (κ2) is 6.73. The number of nitrogens with two attached hydrogens (primary N) is 1. The molecule has 0 spiro atoms. The van der Waals surface area contributed by atoms with E-state index in [1.165, 1.54) is 10.6 Å². The number of aryl methyl sites for hydroxylation is 1. The molecule has 0 bridgehead atoms. The average molecular weight is 288 g/mol. The van der Waals surface area contributed by atoms with Crippen molar-refractivity contribution in [1.29, 1.82) is 0 Å². The van der Waals surface area contributed by atoms with E-state index < -0.39 is 5.54 Å². The maximum Gasteiger partial charge on any atom is 0.263 e. The van der Waals surface area contributed by atoms with Gasteiger partial charge in [-0.3, -0.25) is 9.59 Å². The van der Waals surface area contributed by atoms with Crippen LogP contribution in [0, 0.1) is 5.92 Å². The monoisotopic (exact) mass is 287 g/mol. The summed E-state index contributed by atoms with van der Waals surface area (Å²) in [6.07, 6.45) is 1.61. The minimum atomic E-state index is -0.516. The van der Waals surface area contributed by atoms with Crippen LogP contribution in [0.5, 0.6) is 0 Å². The molecule has 0 aliphatic carbocycles. The van der Waals surface area contributed by atoms with Gasteiger partial charge in [-0.1, -0.05) is 13.8 Å². The van der Waals surface area contributed by atoms with Gasteiger partial charge in [0.15, 0.2) is 0 Å². The maximum atomic E-state index is 12.1. The summed E-state index contributed by atoms with van der Waals surface area (Å²) in [7, 11) is 1.61. The van der Waals surface area contributed by atoms with Gasteiger partial charge in [-0.15, -0.1) is 12.4 Å². The number of halogens is 1. The molecule has 1 aromatic rings. The Morgan fingerprint density at radius 1 is 1.53 bits per heavy atom. The van der Waals surface area contributed by atoms with Crippen molar-refractivity contribution in [1.82, 2.24) is 9.88 Å². The fraction of sp³-hybridized carbons (Fsp3) is 0.538. The van der Waals surface area contributed by atoms with Crippen LogP contribution in [-0.2, 0) is 7.05 Å². The first-order chi connectivity index (χ1) is 8.31. The molecule has 5 nitrogen and oxygen atoms in total. The molecule has 0 aliphatic rings. The average Bonchev–Trinajstić information content (AvgIpc) is 2.32. The van der Waals surface area contributed by atoms with Crippen molar-refractivity contribution in [2.75, 3.05) is 6.54 Å². The van der Waals surface area contributed by atoms with Crippen molar-refractivity contribution in [3.63, 3.8) is 0 Å². The lowest BCUT2D eigenvalue weighted by Gasteiger charge is -2.33. The topological polar surface area (TPSA) is 77.1 Å².